The number of carbonyl (C=O) groups is 2. The molecule has 1 aliphatic heterocycles. The average molecular weight is 372 g/mol. The van der Waals surface area contributed by atoms with Gasteiger partial charge in [-0.1, -0.05) is 6.92 Å². The summed E-state index contributed by atoms with van der Waals surface area (Å²) in [6, 6.07) is 3.28. The van der Waals surface area contributed by atoms with Gasteiger partial charge in [0.25, 0.3) is 5.91 Å². The van der Waals surface area contributed by atoms with Crippen LogP contribution in [0.4, 0.5) is 5.69 Å². The molecule has 8 heteroatoms. The molecule has 0 aromatic heterocycles. The molecule has 0 aliphatic carbocycles. The lowest BCUT2D eigenvalue weighted by molar-refractivity contribution is -0.114. The Morgan fingerprint density at radius 2 is 1.96 bits per heavy atom. The van der Waals surface area contributed by atoms with E-state index in [-0.39, 0.29) is 30.3 Å². The number of benzene rings is 1. The van der Waals surface area contributed by atoms with Crippen LogP contribution in [0.15, 0.2) is 12.1 Å². The zero-order chi connectivity index (χ0) is 17.7. The van der Waals surface area contributed by atoms with Crippen molar-refractivity contribution in [2.75, 3.05) is 32.6 Å². The number of rotatable bonds is 5. The van der Waals surface area contributed by atoms with Crippen LogP contribution in [0, 0.1) is 5.92 Å². The Balaban J connectivity index is 0.00000312. The van der Waals surface area contributed by atoms with Crippen molar-refractivity contribution in [1.82, 2.24) is 10.6 Å². The number of halogens is 1. The Morgan fingerprint density at radius 1 is 1.24 bits per heavy atom. The number of anilines is 1. The molecular weight excluding hydrogens is 346 g/mol. The van der Waals surface area contributed by atoms with Crippen LogP contribution in [0.2, 0.25) is 0 Å². The highest BCUT2D eigenvalue weighted by atomic mass is 35.5. The van der Waals surface area contributed by atoms with E-state index < -0.39 is 0 Å². The minimum absolute atomic E-state index is 0. The van der Waals surface area contributed by atoms with Crippen molar-refractivity contribution in [3.05, 3.63) is 17.7 Å². The van der Waals surface area contributed by atoms with Crippen LogP contribution >= 0.6 is 12.4 Å². The molecule has 0 radical (unpaired) electrons. The van der Waals surface area contributed by atoms with E-state index in [4.69, 9.17) is 9.47 Å². The summed E-state index contributed by atoms with van der Waals surface area (Å²) >= 11 is 0. The number of nitrogens with one attached hydrogen (secondary N) is 3. The van der Waals surface area contributed by atoms with Crippen LogP contribution in [0.1, 0.15) is 30.6 Å². The van der Waals surface area contributed by atoms with Gasteiger partial charge in [-0.25, -0.2) is 0 Å². The van der Waals surface area contributed by atoms with E-state index in [9.17, 15) is 9.59 Å². The maximum absolute atomic E-state index is 12.6. The molecule has 0 saturated carbocycles. The maximum Gasteiger partial charge on any atom is 0.251 e. The predicted octanol–water partition coefficient (Wildman–Crippen LogP) is 1.81. The minimum atomic E-state index is -0.252. The number of hydrogen-bond acceptors (Lipinski definition) is 5. The fourth-order valence-corrected chi connectivity index (χ4v) is 2.81. The van der Waals surface area contributed by atoms with Crippen LogP contribution in [-0.4, -0.2) is 45.2 Å². The summed E-state index contributed by atoms with van der Waals surface area (Å²) in [5.74, 6) is 0.729. The molecule has 1 aromatic rings. The summed E-state index contributed by atoms with van der Waals surface area (Å²) < 4.78 is 10.6. The first kappa shape index (κ1) is 21.1. The summed E-state index contributed by atoms with van der Waals surface area (Å²) in [7, 11) is 2.97. The third kappa shape index (κ3) is 5.24. The molecular formula is C17H26ClN3O4. The van der Waals surface area contributed by atoms with Gasteiger partial charge in [0.05, 0.1) is 19.9 Å². The van der Waals surface area contributed by atoms with Gasteiger partial charge in [0.2, 0.25) is 5.91 Å². The number of hydrogen-bond donors (Lipinski definition) is 3. The van der Waals surface area contributed by atoms with Crippen molar-refractivity contribution in [1.29, 1.82) is 0 Å². The fraction of sp³-hybridized carbons (Fsp3) is 0.529. The SMILES string of the molecule is COc1cc(C(=O)NC2CNCCC2C)cc(NC(C)=O)c1OC.Cl. The topological polar surface area (TPSA) is 88.7 Å². The summed E-state index contributed by atoms with van der Waals surface area (Å²) in [6.07, 6.45) is 1.02. The van der Waals surface area contributed by atoms with Crippen molar-refractivity contribution >= 4 is 29.9 Å². The molecule has 1 aromatic carbocycles. The smallest absolute Gasteiger partial charge is 0.251 e. The zero-order valence-electron chi connectivity index (χ0n) is 15.0. The van der Waals surface area contributed by atoms with Gasteiger partial charge in [-0.3, -0.25) is 9.59 Å². The molecule has 1 aliphatic rings. The highest BCUT2D eigenvalue weighted by molar-refractivity contribution is 5.99. The zero-order valence-corrected chi connectivity index (χ0v) is 15.8. The number of ether oxygens (including phenoxy) is 2. The maximum atomic E-state index is 12.6. The number of carbonyl (C=O) groups excluding carboxylic acids is 2. The summed E-state index contributed by atoms with van der Waals surface area (Å²) in [6.45, 7) is 5.24. The van der Waals surface area contributed by atoms with Crippen molar-refractivity contribution in [2.24, 2.45) is 5.92 Å². The van der Waals surface area contributed by atoms with Gasteiger partial charge in [0.15, 0.2) is 11.5 Å². The molecule has 0 spiro atoms. The number of methoxy groups -OCH3 is 2. The fourth-order valence-electron chi connectivity index (χ4n) is 2.81. The van der Waals surface area contributed by atoms with Crippen LogP contribution in [0.25, 0.3) is 0 Å². The second kappa shape index (κ2) is 9.48. The van der Waals surface area contributed by atoms with E-state index in [1.165, 1.54) is 21.1 Å². The molecule has 2 atom stereocenters. The Bertz CT molecular complexity index is 624. The standard InChI is InChI=1S/C17H25N3O4.ClH/c1-10-5-6-18-9-14(10)20-17(22)12-7-13(19-11(2)21)16(24-4)15(8-12)23-3;/h7-8,10,14,18H,5-6,9H2,1-4H3,(H,19,21)(H,20,22);1H. The molecule has 2 unspecified atom stereocenters. The number of piperidine rings is 1. The van der Waals surface area contributed by atoms with Gasteiger partial charge in [0.1, 0.15) is 0 Å². The second-order valence-corrected chi connectivity index (χ2v) is 5.99. The van der Waals surface area contributed by atoms with Gasteiger partial charge >= 0.3 is 0 Å². The Labute approximate surface area is 154 Å². The Morgan fingerprint density at radius 3 is 2.52 bits per heavy atom. The molecule has 7 nitrogen and oxygen atoms in total. The van der Waals surface area contributed by atoms with Crippen LogP contribution in [0.5, 0.6) is 11.5 Å². The summed E-state index contributed by atoms with van der Waals surface area (Å²) in [5.41, 5.74) is 0.818. The molecule has 1 heterocycles. The minimum Gasteiger partial charge on any atom is -0.493 e. The lowest BCUT2D eigenvalue weighted by Crippen LogP contribution is -2.50. The molecule has 2 rings (SSSR count). The van der Waals surface area contributed by atoms with Crippen LogP contribution < -0.4 is 25.4 Å². The van der Waals surface area contributed by atoms with E-state index >= 15 is 0 Å². The first-order valence-corrected chi connectivity index (χ1v) is 8.01. The molecule has 2 amide bonds. The van der Waals surface area contributed by atoms with E-state index in [1.54, 1.807) is 12.1 Å². The normalized spacial score (nSPS) is 19.4. The van der Waals surface area contributed by atoms with E-state index in [2.05, 4.69) is 22.9 Å². The van der Waals surface area contributed by atoms with Gasteiger partial charge < -0.3 is 25.4 Å². The molecule has 1 fully saturated rings. The van der Waals surface area contributed by atoms with E-state index in [0.717, 1.165) is 19.5 Å². The monoisotopic (exact) mass is 371 g/mol. The van der Waals surface area contributed by atoms with Crippen molar-refractivity contribution in [3.8, 4) is 11.5 Å². The van der Waals surface area contributed by atoms with Gasteiger partial charge in [0, 0.05) is 25.1 Å². The summed E-state index contributed by atoms with van der Waals surface area (Å²) in [4.78, 5) is 24.0. The van der Waals surface area contributed by atoms with Crippen molar-refractivity contribution in [3.63, 3.8) is 0 Å². The lowest BCUT2D eigenvalue weighted by atomic mass is 9.94. The lowest BCUT2D eigenvalue weighted by Gasteiger charge is -2.30. The van der Waals surface area contributed by atoms with Gasteiger partial charge in [-0.2, -0.15) is 0 Å². The predicted molar refractivity (Wildman–Crippen MR) is 99.0 cm³/mol. The Kier molecular flexibility index (Phi) is 7.99. The summed E-state index contributed by atoms with van der Waals surface area (Å²) in [5, 5.41) is 9.00. The largest absolute Gasteiger partial charge is 0.493 e. The highest BCUT2D eigenvalue weighted by Gasteiger charge is 2.24. The van der Waals surface area contributed by atoms with Crippen LogP contribution in [-0.2, 0) is 4.79 Å². The first-order valence-electron chi connectivity index (χ1n) is 8.01. The van der Waals surface area contributed by atoms with E-state index in [0.29, 0.717) is 28.7 Å². The third-order valence-corrected chi connectivity index (χ3v) is 4.20. The van der Waals surface area contributed by atoms with Crippen molar-refractivity contribution < 1.29 is 19.1 Å². The molecule has 25 heavy (non-hydrogen) atoms. The highest BCUT2D eigenvalue weighted by Crippen LogP contribution is 2.36. The van der Waals surface area contributed by atoms with Gasteiger partial charge in [-0.05, 0) is 31.0 Å². The van der Waals surface area contributed by atoms with Crippen molar-refractivity contribution in [2.45, 2.75) is 26.3 Å². The molecule has 1 saturated heterocycles. The van der Waals surface area contributed by atoms with E-state index in [1.807, 2.05) is 0 Å². The Hall–Kier alpha value is -1.99. The third-order valence-electron chi connectivity index (χ3n) is 4.20. The quantitative estimate of drug-likeness (QED) is 0.734. The second-order valence-electron chi connectivity index (χ2n) is 5.99. The van der Waals surface area contributed by atoms with Crippen LogP contribution in [0.3, 0.4) is 0 Å². The molecule has 0 bridgehead atoms. The van der Waals surface area contributed by atoms with Gasteiger partial charge in [-0.15, -0.1) is 12.4 Å². The molecule has 140 valence electrons. The first-order chi connectivity index (χ1) is 11.5. The number of amides is 2. The average Bonchev–Trinajstić information content (AvgIpc) is 2.55. The molecule has 3 N–H and O–H groups in total.